The lowest BCUT2D eigenvalue weighted by Crippen LogP contribution is -2.38. The van der Waals surface area contributed by atoms with Crippen LogP contribution in [0, 0.1) is 5.92 Å². The molecule has 0 bridgehead atoms. The average molecular weight is 348 g/mol. The van der Waals surface area contributed by atoms with Gasteiger partial charge in [-0.15, -0.1) is 0 Å². The van der Waals surface area contributed by atoms with Gasteiger partial charge in [-0.1, -0.05) is 18.0 Å². The predicted octanol–water partition coefficient (Wildman–Crippen LogP) is 2.94. The van der Waals surface area contributed by atoms with Crippen LogP contribution in [0.3, 0.4) is 0 Å². The zero-order chi connectivity index (χ0) is 17.6. The Hall–Kier alpha value is -1.43. The molecule has 6 heteroatoms. The molecule has 2 aliphatic rings. The first kappa shape index (κ1) is 18.4. The average Bonchev–Trinajstić information content (AvgIpc) is 3.27. The molecule has 0 aromatic carbocycles. The molecule has 0 radical (unpaired) electrons. The van der Waals surface area contributed by atoms with Crippen molar-refractivity contribution < 1.29 is 9.32 Å². The summed E-state index contributed by atoms with van der Waals surface area (Å²) in [4.78, 5) is 16.8. The maximum absolute atomic E-state index is 12.2. The molecule has 2 fully saturated rings. The molecule has 1 unspecified atom stereocenters. The normalized spacial score (nSPS) is 25.8. The molecule has 1 heterocycles. The fraction of sp³-hybridized carbons (Fsp3) is 0.842. The maximum Gasteiger partial charge on any atom is 0.229 e. The number of hydrogen-bond donors (Lipinski definition) is 2. The van der Waals surface area contributed by atoms with E-state index in [0.717, 1.165) is 50.2 Å². The lowest BCUT2D eigenvalue weighted by atomic mass is 9.85. The molecule has 1 aromatic heterocycles. The highest BCUT2D eigenvalue weighted by atomic mass is 16.5. The van der Waals surface area contributed by atoms with Gasteiger partial charge >= 0.3 is 0 Å². The van der Waals surface area contributed by atoms with Gasteiger partial charge in [0.25, 0.3) is 0 Å². The summed E-state index contributed by atoms with van der Waals surface area (Å²) in [6, 6.07) is 0.660. The Morgan fingerprint density at radius 1 is 1.20 bits per heavy atom. The number of amides is 1. The Kier molecular flexibility index (Phi) is 6.45. The minimum absolute atomic E-state index is 0.247. The molecule has 6 nitrogen and oxygen atoms in total. The van der Waals surface area contributed by atoms with Crippen LogP contribution in [0.1, 0.15) is 82.3 Å². The van der Waals surface area contributed by atoms with E-state index in [1.807, 2.05) is 7.05 Å². The third kappa shape index (κ3) is 5.27. The van der Waals surface area contributed by atoms with Crippen LogP contribution in [0.2, 0.25) is 0 Å². The van der Waals surface area contributed by atoms with Gasteiger partial charge in [0.05, 0.1) is 0 Å². The summed E-state index contributed by atoms with van der Waals surface area (Å²) in [6.07, 6.45) is 10.6. The van der Waals surface area contributed by atoms with Crippen LogP contribution in [0.25, 0.3) is 0 Å². The highest BCUT2D eigenvalue weighted by molar-refractivity contribution is 5.76. The molecule has 2 aliphatic carbocycles. The van der Waals surface area contributed by atoms with E-state index in [1.165, 1.54) is 25.7 Å². The third-order valence-electron chi connectivity index (χ3n) is 5.86. The second-order valence-electron chi connectivity index (χ2n) is 7.91. The van der Waals surface area contributed by atoms with E-state index in [-0.39, 0.29) is 5.91 Å². The number of nitrogens with one attached hydrogen (secondary N) is 2. The Balaban J connectivity index is 1.41. The van der Waals surface area contributed by atoms with Gasteiger partial charge in [0.2, 0.25) is 11.8 Å². The number of carbonyl (C=O) groups excluding carboxylic acids is 1. The van der Waals surface area contributed by atoms with Crippen molar-refractivity contribution in [2.24, 2.45) is 5.92 Å². The zero-order valence-electron chi connectivity index (χ0n) is 15.6. The number of hydrogen-bond acceptors (Lipinski definition) is 5. The molecule has 1 aromatic rings. The quantitative estimate of drug-likeness (QED) is 0.792. The van der Waals surface area contributed by atoms with Crippen LogP contribution in [0.15, 0.2) is 4.52 Å². The number of likely N-dealkylation sites (N-methyl/N-ethyl adjacent to an activating group) is 1. The van der Waals surface area contributed by atoms with Gasteiger partial charge in [0, 0.05) is 30.8 Å². The molecule has 25 heavy (non-hydrogen) atoms. The Morgan fingerprint density at radius 2 is 1.92 bits per heavy atom. The van der Waals surface area contributed by atoms with Crippen LogP contribution >= 0.6 is 0 Å². The fourth-order valence-corrected chi connectivity index (χ4v) is 4.14. The van der Waals surface area contributed by atoms with E-state index in [2.05, 4.69) is 27.7 Å². The molecule has 0 aliphatic heterocycles. The summed E-state index contributed by atoms with van der Waals surface area (Å²) in [5.41, 5.74) is 0. The summed E-state index contributed by atoms with van der Waals surface area (Å²) in [5, 5.41) is 10.5. The van der Waals surface area contributed by atoms with Crippen molar-refractivity contribution in [1.29, 1.82) is 0 Å². The van der Waals surface area contributed by atoms with E-state index in [9.17, 15) is 4.79 Å². The third-order valence-corrected chi connectivity index (χ3v) is 5.86. The van der Waals surface area contributed by atoms with E-state index in [4.69, 9.17) is 4.52 Å². The van der Waals surface area contributed by atoms with Crippen molar-refractivity contribution >= 4 is 5.91 Å². The van der Waals surface area contributed by atoms with Crippen molar-refractivity contribution in [3.05, 3.63) is 11.7 Å². The summed E-state index contributed by atoms with van der Waals surface area (Å²) in [7, 11) is 1.94. The van der Waals surface area contributed by atoms with Gasteiger partial charge < -0.3 is 15.2 Å². The van der Waals surface area contributed by atoms with Gasteiger partial charge in [-0.25, -0.2) is 0 Å². The summed E-state index contributed by atoms with van der Waals surface area (Å²) in [6.45, 7) is 2.11. The second kappa shape index (κ2) is 8.79. The maximum atomic E-state index is 12.2. The topological polar surface area (TPSA) is 80.0 Å². The Morgan fingerprint density at radius 3 is 2.60 bits per heavy atom. The van der Waals surface area contributed by atoms with Crippen molar-refractivity contribution in [3.8, 4) is 0 Å². The minimum atomic E-state index is 0.247. The lowest BCUT2D eigenvalue weighted by molar-refractivity contribution is -0.122. The Bertz CT molecular complexity index is 545. The molecule has 0 spiro atoms. The molecular formula is C19H32N4O2. The van der Waals surface area contributed by atoms with Crippen LogP contribution in [0.5, 0.6) is 0 Å². The second-order valence-corrected chi connectivity index (χ2v) is 7.91. The molecule has 0 saturated heterocycles. The van der Waals surface area contributed by atoms with Gasteiger partial charge in [-0.3, -0.25) is 4.79 Å². The number of nitrogens with zero attached hydrogens (tertiary/aromatic N) is 2. The highest BCUT2D eigenvalue weighted by Gasteiger charge is 2.28. The van der Waals surface area contributed by atoms with Crippen molar-refractivity contribution in [1.82, 2.24) is 20.8 Å². The fourth-order valence-electron chi connectivity index (χ4n) is 4.14. The van der Waals surface area contributed by atoms with Crippen LogP contribution in [-0.4, -0.2) is 35.2 Å². The molecular weight excluding hydrogens is 316 g/mol. The monoisotopic (exact) mass is 348 g/mol. The first-order valence-corrected chi connectivity index (χ1v) is 9.93. The molecule has 3 rings (SSSR count). The number of rotatable bonds is 7. The standard InChI is InChI=1S/C19H32N4O2/c1-13(20-2)11-17-22-19(25-23-17)15-7-9-16(10-8-15)21-18(24)12-14-5-3-4-6-14/h13-16,20H,3-12H2,1-2H3,(H,21,24). The molecule has 140 valence electrons. The smallest absolute Gasteiger partial charge is 0.229 e. The van der Waals surface area contributed by atoms with Gasteiger partial charge in [0.1, 0.15) is 0 Å². The first-order chi connectivity index (χ1) is 12.1. The van der Waals surface area contributed by atoms with Gasteiger partial charge in [0.15, 0.2) is 5.82 Å². The molecule has 1 atom stereocenters. The summed E-state index contributed by atoms with van der Waals surface area (Å²) < 4.78 is 5.48. The zero-order valence-corrected chi connectivity index (χ0v) is 15.6. The van der Waals surface area contributed by atoms with E-state index in [0.29, 0.717) is 23.9 Å². The van der Waals surface area contributed by atoms with Crippen LogP contribution < -0.4 is 10.6 Å². The van der Waals surface area contributed by atoms with Gasteiger partial charge in [-0.05, 0) is 58.4 Å². The summed E-state index contributed by atoms with van der Waals surface area (Å²) in [5.74, 6) is 2.76. The van der Waals surface area contributed by atoms with Crippen molar-refractivity contribution in [2.75, 3.05) is 7.05 Å². The SMILES string of the molecule is CNC(C)Cc1noc(C2CCC(NC(=O)CC3CCCC3)CC2)n1. The van der Waals surface area contributed by atoms with Crippen LogP contribution in [-0.2, 0) is 11.2 Å². The number of carbonyl (C=O) groups is 1. The molecule has 2 saturated carbocycles. The minimum Gasteiger partial charge on any atom is -0.353 e. The van der Waals surface area contributed by atoms with E-state index < -0.39 is 0 Å². The van der Waals surface area contributed by atoms with Gasteiger partial charge in [-0.2, -0.15) is 4.98 Å². The molecule has 2 N–H and O–H groups in total. The van der Waals surface area contributed by atoms with Crippen molar-refractivity contribution in [3.63, 3.8) is 0 Å². The predicted molar refractivity (Wildman–Crippen MR) is 96.2 cm³/mol. The van der Waals surface area contributed by atoms with E-state index in [1.54, 1.807) is 0 Å². The van der Waals surface area contributed by atoms with Crippen LogP contribution in [0.4, 0.5) is 0 Å². The molecule has 1 amide bonds. The number of aromatic nitrogens is 2. The Labute approximate surface area is 150 Å². The van der Waals surface area contributed by atoms with E-state index >= 15 is 0 Å². The highest BCUT2D eigenvalue weighted by Crippen LogP contribution is 2.32. The van der Waals surface area contributed by atoms with Crippen molar-refractivity contribution in [2.45, 2.75) is 89.1 Å². The lowest BCUT2D eigenvalue weighted by Gasteiger charge is -2.27. The first-order valence-electron chi connectivity index (χ1n) is 9.93. The summed E-state index contributed by atoms with van der Waals surface area (Å²) >= 11 is 0. The largest absolute Gasteiger partial charge is 0.353 e.